The number of carboxylic acids is 2. The quantitative estimate of drug-likeness (QED) is 0.724. The first-order valence-corrected chi connectivity index (χ1v) is 5.25. The first kappa shape index (κ1) is 11.9. The molecule has 4 nitrogen and oxygen atoms in total. The second-order valence-electron chi connectivity index (χ2n) is 3.78. The largest absolute Gasteiger partial charge is 0.478 e. The van der Waals surface area contributed by atoms with E-state index in [4.69, 9.17) is 10.2 Å². The van der Waals surface area contributed by atoms with E-state index < -0.39 is 11.9 Å². The zero-order valence-electron chi connectivity index (χ0n) is 9.33. The van der Waals surface area contributed by atoms with Gasteiger partial charge >= 0.3 is 11.9 Å². The van der Waals surface area contributed by atoms with E-state index in [9.17, 15) is 9.59 Å². The smallest absolute Gasteiger partial charge is 0.335 e. The highest BCUT2D eigenvalue weighted by atomic mass is 16.4. The molecule has 2 aliphatic rings. The molecule has 0 bridgehead atoms. The number of aromatic carboxylic acids is 2. The second-order valence-corrected chi connectivity index (χ2v) is 3.78. The van der Waals surface area contributed by atoms with Crippen molar-refractivity contribution in [3.63, 3.8) is 0 Å². The van der Waals surface area contributed by atoms with E-state index in [1.807, 2.05) is 6.07 Å². The third-order valence-electron chi connectivity index (χ3n) is 2.45. The Balaban J connectivity index is 0.000000134. The van der Waals surface area contributed by atoms with E-state index in [1.54, 1.807) is 42.5 Å². The van der Waals surface area contributed by atoms with Gasteiger partial charge in [-0.15, -0.1) is 0 Å². The van der Waals surface area contributed by atoms with Crippen LogP contribution in [0.5, 0.6) is 0 Å². The van der Waals surface area contributed by atoms with Gasteiger partial charge in [-0.25, -0.2) is 9.59 Å². The Bertz CT molecular complexity index is 570. The van der Waals surface area contributed by atoms with Crippen LogP contribution in [0.25, 0.3) is 11.1 Å². The SMILES string of the molecule is O=C(O)c1cc2cc-2c1.O=C(O)c1ccccc1. The summed E-state index contributed by atoms with van der Waals surface area (Å²) in [6, 6.07) is 13.6. The summed E-state index contributed by atoms with van der Waals surface area (Å²) in [4.78, 5) is 20.4. The standard InChI is InChI=1S/C7H4O2.C7H6O2/c8-7(9)6-2-4-1-5(4)3-6;8-7(9)6-4-2-1-3-5-6/h1-3H,(H,8,9);1-5H,(H,8,9). The van der Waals surface area contributed by atoms with Crippen molar-refractivity contribution >= 4 is 11.9 Å². The van der Waals surface area contributed by atoms with Crippen molar-refractivity contribution in [3.8, 4) is 11.1 Å². The molecule has 1 aromatic carbocycles. The molecule has 0 saturated carbocycles. The maximum absolute atomic E-state index is 10.2. The summed E-state index contributed by atoms with van der Waals surface area (Å²) < 4.78 is 0. The van der Waals surface area contributed by atoms with Crippen molar-refractivity contribution in [1.82, 2.24) is 0 Å². The molecule has 0 amide bonds. The summed E-state index contributed by atoms with van der Waals surface area (Å²) in [5, 5.41) is 16.8. The maximum Gasteiger partial charge on any atom is 0.335 e. The Morgan fingerprint density at radius 2 is 1.22 bits per heavy atom. The minimum absolute atomic E-state index is 0.331. The predicted molar refractivity (Wildman–Crippen MR) is 65.8 cm³/mol. The number of fused-ring (bicyclic) bond motifs is 1. The van der Waals surface area contributed by atoms with Gasteiger partial charge in [-0.2, -0.15) is 0 Å². The molecule has 18 heavy (non-hydrogen) atoms. The molecule has 2 aliphatic carbocycles. The van der Waals surface area contributed by atoms with Crippen LogP contribution in [0.1, 0.15) is 20.7 Å². The van der Waals surface area contributed by atoms with Crippen LogP contribution < -0.4 is 0 Å². The molecule has 0 unspecified atom stereocenters. The molecule has 0 atom stereocenters. The monoisotopic (exact) mass is 242 g/mol. The first-order valence-electron chi connectivity index (χ1n) is 5.25. The zero-order chi connectivity index (χ0) is 13.1. The molecule has 1 aromatic rings. The molecule has 0 saturated heterocycles. The lowest BCUT2D eigenvalue weighted by atomic mass is 10.2. The zero-order valence-corrected chi connectivity index (χ0v) is 9.33. The summed E-state index contributed by atoms with van der Waals surface area (Å²) in [5.41, 5.74) is 2.89. The molecule has 0 radical (unpaired) electrons. The van der Waals surface area contributed by atoms with E-state index >= 15 is 0 Å². The van der Waals surface area contributed by atoms with Gasteiger partial charge in [0.2, 0.25) is 0 Å². The highest BCUT2D eigenvalue weighted by molar-refractivity contribution is 5.96. The summed E-state index contributed by atoms with van der Waals surface area (Å²) in [6.45, 7) is 0. The molecule has 0 heterocycles. The molecule has 90 valence electrons. The fourth-order valence-electron chi connectivity index (χ4n) is 1.46. The van der Waals surface area contributed by atoms with Crippen LogP contribution in [0, 0.1) is 0 Å². The Morgan fingerprint density at radius 1 is 0.722 bits per heavy atom. The summed E-state index contributed by atoms with van der Waals surface area (Å²) in [6.07, 6.45) is 0. The average Bonchev–Trinajstić information content (AvgIpc) is 2.98. The average molecular weight is 242 g/mol. The van der Waals surface area contributed by atoms with Gasteiger partial charge in [0.1, 0.15) is 0 Å². The normalized spacial score (nSPS) is 10.0. The van der Waals surface area contributed by atoms with Crippen molar-refractivity contribution in [2.75, 3.05) is 0 Å². The molecule has 4 heteroatoms. The van der Waals surface area contributed by atoms with Gasteiger partial charge in [-0.05, 0) is 41.5 Å². The van der Waals surface area contributed by atoms with E-state index in [0.717, 1.165) is 11.1 Å². The summed E-state index contributed by atoms with van der Waals surface area (Å²) in [5.74, 6) is -1.72. The fourth-order valence-corrected chi connectivity index (χ4v) is 1.46. The van der Waals surface area contributed by atoms with Gasteiger partial charge < -0.3 is 10.2 Å². The molecule has 0 fully saturated rings. The lowest BCUT2D eigenvalue weighted by Crippen LogP contribution is -1.93. The Labute approximate surface area is 103 Å². The number of benzene rings is 2. The summed E-state index contributed by atoms with van der Waals surface area (Å²) >= 11 is 0. The van der Waals surface area contributed by atoms with Crippen molar-refractivity contribution < 1.29 is 19.8 Å². The molecular formula is C14H10O4. The van der Waals surface area contributed by atoms with Crippen LogP contribution in [-0.2, 0) is 0 Å². The number of rotatable bonds is 2. The van der Waals surface area contributed by atoms with E-state index in [-0.39, 0.29) is 0 Å². The fraction of sp³-hybridized carbons (Fsp3) is 0. The van der Waals surface area contributed by atoms with Gasteiger partial charge in [0.15, 0.2) is 0 Å². The van der Waals surface area contributed by atoms with Crippen molar-refractivity contribution in [3.05, 3.63) is 59.7 Å². The molecule has 3 rings (SSSR count). The second kappa shape index (κ2) is 4.71. The summed E-state index contributed by atoms with van der Waals surface area (Å²) in [7, 11) is 0. The highest BCUT2D eigenvalue weighted by Gasteiger charge is 2.16. The van der Waals surface area contributed by atoms with Crippen LogP contribution in [0.3, 0.4) is 0 Å². The highest BCUT2D eigenvalue weighted by Crippen LogP contribution is 2.35. The van der Waals surface area contributed by atoms with Gasteiger partial charge in [0.05, 0.1) is 11.1 Å². The van der Waals surface area contributed by atoms with Crippen molar-refractivity contribution in [1.29, 1.82) is 0 Å². The minimum Gasteiger partial charge on any atom is -0.478 e. The Hall–Kier alpha value is -2.62. The molecule has 2 N–H and O–H groups in total. The van der Waals surface area contributed by atoms with Crippen molar-refractivity contribution in [2.45, 2.75) is 0 Å². The molecule has 0 aromatic heterocycles. The number of carboxylic acid groups (broad SMARTS) is 2. The number of hydrogen-bond donors (Lipinski definition) is 2. The molecular weight excluding hydrogens is 232 g/mol. The van der Waals surface area contributed by atoms with Crippen LogP contribution in [0.4, 0.5) is 0 Å². The van der Waals surface area contributed by atoms with Gasteiger partial charge in [-0.3, -0.25) is 0 Å². The van der Waals surface area contributed by atoms with Crippen LogP contribution in [0.2, 0.25) is 0 Å². The van der Waals surface area contributed by atoms with Gasteiger partial charge in [0.25, 0.3) is 0 Å². The van der Waals surface area contributed by atoms with Gasteiger partial charge in [-0.1, -0.05) is 18.2 Å². The number of carbonyl (C=O) groups is 2. The maximum atomic E-state index is 10.2. The molecule has 0 spiro atoms. The predicted octanol–water partition coefficient (Wildman–Crippen LogP) is 2.75. The van der Waals surface area contributed by atoms with Crippen LogP contribution >= 0.6 is 0 Å². The Kier molecular flexibility index (Phi) is 3.10. The number of hydrogen-bond acceptors (Lipinski definition) is 2. The van der Waals surface area contributed by atoms with E-state index in [0.29, 0.717) is 11.1 Å². The topological polar surface area (TPSA) is 74.6 Å². The lowest BCUT2D eigenvalue weighted by Gasteiger charge is -1.88. The third-order valence-corrected chi connectivity index (χ3v) is 2.45. The van der Waals surface area contributed by atoms with E-state index in [2.05, 4.69) is 0 Å². The molecule has 0 aliphatic heterocycles. The third kappa shape index (κ3) is 2.74. The van der Waals surface area contributed by atoms with Crippen LogP contribution in [0.15, 0.2) is 48.5 Å². The first-order chi connectivity index (χ1) is 8.58. The van der Waals surface area contributed by atoms with Gasteiger partial charge in [0, 0.05) is 0 Å². The van der Waals surface area contributed by atoms with Crippen molar-refractivity contribution in [2.24, 2.45) is 0 Å². The van der Waals surface area contributed by atoms with Crippen LogP contribution in [-0.4, -0.2) is 22.2 Å². The minimum atomic E-state index is -0.879. The lowest BCUT2D eigenvalue weighted by molar-refractivity contribution is 0.0686. The van der Waals surface area contributed by atoms with E-state index in [1.165, 1.54) is 0 Å². The Morgan fingerprint density at radius 3 is 1.56 bits per heavy atom.